The first-order valence-corrected chi connectivity index (χ1v) is 7.47. The van der Waals surface area contributed by atoms with Crippen LogP contribution in [-0.2, 0) is 6.54 Å². The molecule has 2 aromatic rings. The molecule has 0 amide bonds. The van der Waals surface area contributed by atoms with Crippen LogP contribution in [0.25, 0.3) is 0 Å². The Hall–Kier alpha value is -1.39. The van der Waals surface area contributed by atoms with Gasteiger partial charge in [-0.25, -0.2) is 0 Å². The van der Waals surface area contributed by atoms with Gasteiger partial charge in [0.1, 0.15) is 13.2 Å². The monoisotopic (exact) mass is 353 g/mol. The highest BCUT2D eigenvalue weighted by Crippen LogP contribution is 2.34. The molecule has 3 rings (SSSR count). The van der Waals surface area contributed by atoms with Crippen LogP contribution in [0.1, 0.15) is 5.56 Å². The maximum Gasteiger partial charge on any atom is 0.166 e. The van der Waals surface area contributed by atoms with Crippen LogP contribution >= 0.6 is 27.5 Å². The molecular formula is C15H13BrClNO2. The predicted octanol–water partition coefficient (Wildman–Crippen LogP) is 4.49. The van der Waals surface area contributed by atoms with E-state index in [0.717, 1.165) is 27.2 Å². The number of hydrogen-bond acceptors (Lipinski definition) is 3. The molecule has 3 nitrogen and oxygen atoms in total. The predicted molar refractivity (Wildman–Crippen MR) is 83.9 cm³/mol. The second kappa shape index (κ2) is 5.94. The fourth-order valence-electron chi connectivity index (χ4n) is 2.10. The molecule has 1 aliphatic rings. The van der Waals surface area contributed by atoms with Gasteiger partial charge in [0.15, 0.2) is 11.5 Å². The third-order valence-electron chi connectivity index (χ3n) is 3.05. The third-order valence-corrected chi connectivity index (χ3v) is 3.94. The second-order valence-electron chi connectivity index (χ2n) is 4.42. The van der Waals surface area contributed by atoms with E-state index < -0.39 is 0 Å². The normalized spacial score (nSPS) is 13.1. The molecule has 0 aliphatic carbocycles. The lowest BCUT2D eigenvalue weighted by atomic mass is 10.1. The van der Waals surface area contributed by atoms with E-state index in [4.69, 9.17) is 21.1 Å². The second-order valence-corrected chi connectivity index (χ2v) is 5.71. The van der Waals surface area contributed by atoms with E-state index in [0.29, 0.717) is 24.8 Å². The number of halogens is 2. The summed E-state index contributed by atoms with van der Waals surface area (Å²) < 4.78 is 12.2. The smallest absolute Gasteiger partial charge is 0.166 e. The lowest BCUT2D eigenvalue weighted by molar-refractivity contribution is 0.170. The van der Waals surface area contributed by atoms with Crippen molar-refractivity contribution in [2.75, 3.05) is 18.5 Å². The van der Waals surface area contributed by atoms with Crippen LogP contribution in [0.2, 0.25) is 5.02 Å². The lowest BCUT2D eigenvalue weighted by Gasteiger charge is -2.21. The van der Waals surface area contributed by atoms with Gasteiger partial charge in [0, 0.05) is 27.3 Å². The Bertz CT molecular complexity index is 633. The van der Waals surface area contributed by atoms with Crippen molar-refractivity contribution < 1.29 is 9.47 Å². The molecule has 1 N–H and O–H groups in total. The van der Waals surface area contributed by atoms with Crippen LogP contribution in [0.15, 0.2) is 40.9 Å². The van der Waals surface area contributed by atoms with Gasteiger partial charge < -0.3 is 14.8 Å². The molecule has 20 heavy (non-hydrogen) atoms. The van der Waals surface area contributed by atoms with Gasteiger partial charge in [-0.2, -0.15) is 0 Å². The number of fused-ring (bicyclic) bond motifs is 1. The van der Waals surface area contributed by atoms with E-state index in [-0.39, 0.29) is 0 Å². The van der Waals surface area contributed by atoms with Gasteiger partial charge in [0.05, 0.1) is 0 Å². The number of para-hydroxylation sites is 1. The summed E-state index contributed by atoms with van der Waals surface area (Å²) in [4.78, 5) is 0. The Morgan fingerprint density at radius 2 is 2.00 bits per heavy atom. The maximum atomic E-state index is 5.93. The molecule has 0 unspecified atom stereocenters. The van der Waals surface area contributed by atoms with Crippen LogP contribution < -0.4 is 14.8 Å². The van der Waals surface area contributed by atoms with Gasteiger partial charge in [-0.15, -0.1) is 0 Å². The SMILES string of the molecule is Clc1ccc(NCc2cccc3c2OCCO3)c(Br)c1. The number of benzene rings is 2. The molecule has 5 heteroatoms. The average molecular weight is 355 g/mol. The summed E-state index contributed by atoms with van der Waals surface area (Å²) in [6.45, 7) is 1.86. The maximum absolute atomic E-state index is 5.93. The van der Waals surface area contributed by atoms with Crippen molar-refractivity contribution >= 4 is 33.2 Å². The summed E-state index contributed by atoms with van der Waals surface area (Å²) in [7, 11) is 0. The minimum atomic E-state index is 0.592. The molecule has 0 atom stereocenters. The van der Waals surface area contributed by atoms with Gasteiger partial charge >= 0.3 is 0 Å². The van der Waals surface area contributed by atoms with Crippen molar-refractivity contribution in [3.63, 3.8) is 0 Å². The Morgan fingerprint density at radius 3 is 2.85 bits per heavy atom. The topological polar surface area (TPSA) is 30.5 Å². The van der Waals surface area contributed by atoms with Gasteiger partial charge in [-0.1, -0.05) is 23.7 Å². The van der Waals surface area contributed by atoms with Crippen LogP contribution in [0.5, 0.6) is 11.5 Å². The van der Waals surface area contributed by atoms with E-state index in [9.17, 15) is 0 Å². The number of hydrogen-bond donors (Lipinski definition) is 1. The molecule has 104 valence electrons. The van der Waals surface area contributed by atoms with Crippen molar-refractivity contribution in [3.05, 3.63) is 51.5 Å². The molecule has 0 radical (unpaired) electrons. The van der Waals surface area contributed by atoms with Gasteiger partial charge in [0.2, 0.25) is 0 Å². The molecule has 1 heterocycles. The first-order valence-electron chi connectivity index (χ1n) is 6.30. The van der Waals surface area contributed by atoms with E-state index in [1.54, 1.807) is 0 Å². The first-order chi connectivity index (χ1) is 9.74. The molecule has 0 aromatic heterocycles. The largest absolute Gasteiger partial charge is 0.486 e. The fourth-order valence-corrected chi connectivity index (χ4v) is 2.92. The number of anilines is 1. The highest BCUT2D eigenvalue weighted by Gasteiger charge is 2.15. The molecule has 0 bridgehead atoms. The van der Waals surface area contributed by atoms with Crippen molar-refractivity contribution in [3.8, 4) is 11.5 Å². The van der Waals surface area contributed by atoms with E-state index >= 15 is 0 Å². The lowest BCUT2D eigenvalue weighted by Crippen LogP contribution is -2.17. The van der Waals surface area contributed by atoms with Crippen molar-refractivity contribution in [1.82, 2.24) is 0 Å². The van der Waals surface area contributed by atoms with Gasteiger partial charge in [-0.05, 0) is 40.2 Å². The van der Waals surface area contributed by atoms with Crippen LogP contribution in [0, 0.1) is 0 Å². The quantitative estimate of drug-likeness (QED) is 0.881. The van der Waals surface area contributed by atoms with Gasteiger partial charge in [0.25, 0.3) is 0 Å². The molecular weight excluding hydrogens is 342 g/mol. The Morgan fingerprint density at radius 1 is 1.15 bits per heavy atom. The molecule has 0 spiro atoms. The van der Waals surface area contributed by atoms with E-state index in [2.05, 4.69) is 21.2 Å². The molecule has 2 aromatic carbocycles. The zero-order valence-corrected chi connectivity index (χ0v) is 13.0. The minimum Gasteiger partial charge on any atom is -0.486 e. The summed E-state index contributed by atoms with van der Waals surface area (Å²) in [5.41, 5.74) is 2.06. The summed E-state index contributed by atoms with van der Waals surface area (Å²) >= 11 is 9.43. The van der Waals surface area contributed by atoms with Crippen molar-refractivity contribution in [1.29, 1.82) is 0 Å². The highest BCUT2D eigenvalue weighted by molar-refractivity contribution is 9.10. The number of nitrogens with one attached hydrogen (secondary N) is 1. The Balaban J connectivity index is 1.78. The fraction of sp³-hybridized carbons (Fsp3) is 0.200. The first kappa shape index (κ1) is 13.6. The summed E-state index contributed by atoms with van der Waals surface area (Å²) in [6, 6.07) is 11.6. The van der Waals surface area contributed by atoms with E-state index in [1.165, 1.54) is 0 Å². The van der Waals surface area contributed by atoms with Crippen LogP contribution in [0.4, 0.5) is 5.69 Å². The van der Waals surface area contributed by atoms with Crippen LogP contribution in [0.3, 0.4) is 0 Å². The molecule has 0 saturated heterocycles. The van der Waals surface area contributed by atoms with Crippen molar-refractivity contribution in [2.24, 2.45) is 0 Å². The third kappa shape index (κ3) is 2.86. The van der Waals surface area contributed by atoms with Crippen molar-refractivity contribution in [2.45, 2.75) is 6.54 Å². The average Bonchev–Trinajstić information content (AvgIpc) is 2.46. The van der Waals surface area contributed by atoms with Gasteiger partial charge in [-0.3, -0.25) is 0 Å². The standard InChI is InChI=1S/C15H13BrClNO2/c16-12-8-11(17)4-5-13(12)18-9-10-2-1-3-14-15(10)20-7-6-19-14/h1-5,8,18H,6-7,9H2. The molecule has 1 aliphatic heterocycles. The Kier molecular flexibility index (Phi) is 4.03. The minimum absolute atomic E-state index is 0.592. The van der Waals surface area contributed by atoms with E-state index in [1.807, 2.05) is 36.4 Å². The zero-order chi connectivity index (χ0) is 13.9. The zero-order valence-electron chi connectivity index (χ0n) is 10.7. The number of rotatable bonds is 3. The number of ether oxygens (including phenoxy) is 2. The summed E-state index contributed by atoms with van der Waals surface area (Å²) in [6.07, 6.45) is 0. The molecule has 0 saturated carbocycles. The Labute approximate surface area is 131 Å². The highest BCUT2D eigenvalue weighted by atomic mass is 79.9. The summed E-state index contributed by atoms with van der Waals surface area (Å²) in [5.74, 6) is 1.64. The summed E-state index contributed by atoms with van der Waals surface area (Å²) in [5, 5.41) is 4.07. The molecule has 0 fully saturated rings. The van der Waals surface area contributed by atoms with Crippen LogP contribution in [-0.4, -0.2) is 13.2 Å².